The highest BCUT2D eigenvalue weighted by atomic mass is 35.5. The number of rotatable bonds is 4. The molecule has 0 amide bonds. The fourth-order valence-electron chi connectivity index (χ4n) is 1.11. The summed E-state index contributed by atoms with van der Waals surface area (Å²) in [6, 6.07) is 7.66. The molecule has 5 heteroatoms. The summed E-state index contributed by atoms with van der Waals surface area (Å²) >= 11 is 7.59. The summed E-state index contributed by atoms with van der Waals surface area (Å²) in [6.45, 7) is 3.55. The Labute approximate surface area is 103 Å². The summed E-state index contributed by atoms with van der Waals surface area (Å²) in [7, 11) is 0. The zero-order valence-electron chi connectivity index (χ0n) is 8.39. The quantitative estimate of drug-likeness (QED) is 0.779. The molecule has 82 valence electrons. The Hall–Kier alpha value is -1.26. The van der Waals surface area contributed by atoms with E-state index in [1.54, 1.807) is 11.8 Å². The lowest BCUT2D eigenvalue weighted by Gasteiger charge is -2.00. The molecule has 0 fully saturated rings. The van der Waals surface area contributed by atoms with E-state index in [4.69, 9.17) is 16.1 Å². The van der Waals surface area contributed by atoms with Gasteiger partial charge < -0.3 is 4.52 Å². The molecule has 2 aromatic rings. The van der Waals surface area contributed by atoms with Crippen LogP contribution in [0.1, 0.15) is 11.7 Å². The van der Waals surface area contributed by atoms with Crippen LogP contribution in [0.3, 0.4) is 0 Å². The van der Waals surface area contributed by atoms with Crippen LogP contribution in [0, 0.1) is 0 Å². The van der Waals surface area contributed by atoms with Crippen molar-refractivity contribution in [2.75, 3.05) is 0 Å². The molecule has 0 aliphatic carbocycles. The van der Waals surface area contributed by atoms with Crippen LogP contribution >= 0.6 is 23.4 Å². The van der Waals surface area contributed by atoms with Crippen LogP contribution in [0.5, 0.6) is 0 Å². The van der Waals surface area contributed by atoms with E-state index < -0.39 is 0 Å². The first-order chi connectivity index (χ1) is 7.79. The van der Waals surface area contributed by atoms with Crippen LogP contribution in [0.2, 0.25) is 5.02 Å². The van der Waals surface area contributed by atoms with Gasteiger partial charge in [-0.05, 0) is 18.2 Å². The van der Waals surface area contributed by atoms with Gasteiger partial charge in [-0.15, -0.1) is 11.8 Å². The predicted octanol–water partition coefficient (Wildman–Crippen LogP) is 3.66. The third-order valence-corrected chi connectivity index (χ3v) is 3.36. The molecule has 3 nitrogen and oxygen atoms in total. The molecule has 0 atom stereocenters. The van der Waals surface area contributed by atoms with Gasteiger partial charge in [-0.2, -0.15) is 4.98 Å². The topological polar surface area (TPSA) is 38.9 Å². The molecule has 16 heavy (non-hydrogen) atoms. The van der Waals surface area contributed by atoms with Crippen molar-refractivity contribution in [1.29, 1.82) is 0 Å². The fraction of sp³-hybridized carbons (Fsp3) is 0.0909. The fourth-order valence-corrected chi connectivity index (χ4v) is 2.20. The highest BCUT2D eigenvalue weighted by molar-refractivity contribution is 7.98. The second-order valence-corrected chi connectivity index (χ2v) is 4.40. The molecule has 1 aromatic heterocycles. The molecule has 1 heterocycles. The Bertz CT molecular complexity index is 498. The van der Waals surface area contributed by atoms with Crippen molar-refractivity contribution in [2.24, 2.45) is 0 Å². The molecule has 0 unspecified atom stereocenters. The monoisotopic (exact) mass is 252 g/mol. The third kappa shape index (κ3) is 2.65. The lowest BCUT2D eigenvalue weighted by atomic mass is 10.4. The minimum atomic E-state index is 0.440. The van der Waals surface area contributed by atoms with Crippen LogP contribution in [-0.4, -0.2) is 10.1 Å². The molecular weight excluding hydrogens is 244 g/mol. The van der Waals surface area contributed by atoms with E-state index in [1.165, 1.54) is 6.08 Å². The highest BCUT2D eigenvalue weighted by Gasteiger charge is 2.05. The molecule has 0 saturated carbocycles. The van der Waals surface area contributed by atoms with Gasteiger partial charge >= 0.3 is 0 Å². The molecule has 0 spiro atoms. The second kappa shape index (κ2) is 5.18. The predicted molar refractivity (Wildman–Crippen MR) is 65.4 cm³/mol. The Morgan fingerprint density at radius 2 is 2.25 bits per heavy atom. The van der Waals surface area contributed by atoms with E-state index in [0.717, 1.165) is 9.92 Å². The number of aromatic nitrogens is 2. The first-order valence-corrected chi connectivity index (χ1v) is 5.98. The zero-order valence-corrected chi connectivity index (χ0v) is 9.96. The minimum absolute atomic E-state index is 0.440. The first kappa shape index (κ1) is 11.2. The summed E-state index contributed by atoms with van der Waals surface area (Å²) in [5.41, 5.74) is 0. The number of halogens is 1. The van der Waals surface area contributed by atoms with Gasteiger partial charge in [0, 0.05) is 4.90 Å². The van der Waals surface area contributed by atoms with Crippen LogP contribution in [-0.2, 0) is 5.75 Å². The molecule has 0 N–H and O–H groups in total. The number of hydrogen-bond donors (Lipinski definition) is 0. The van der Waals surface area contributed by atoms with Gasteiger partial charge in [0.2, 0.25) is 5.89 Å². The van der Waals surface area contributed by atoms with Gasteiger partial charge in [0.1, 0.15) is 0 Å². The maximum Gasteiger partial charge on any atom is 0.250 e. The number of hydrogen-bond acceptors (Lipinski definition) is 4. The molecule has 2 rings (SSSR count). The summed E-state index contributed by atoms with van der Waals surface area (Å²) < 4.78 is 4.91. The van der Waals surface area contributed by atoms with E-state index in [2.05, 4.69) is 16.7 Å². The molecule has 0 bridgehead atoms. The maximum atomic E-state index is 6.02. The van der Waals surface area contributed by atoms with Crippen LogP contribution in [0.4, 0.5) is 0 Å². The van der Waals surface area contributed by atoms with Crippen molar-refractivity contribution in [2.45, 2.75) is 10.6 Å². The van der Waals surface area contributed by atoms with Gasteiger partial charge in [-0.25, -0.2) is 0 Å². The van der Waals surface area contributed by atoms with Crippen LogP contribution in [0.15, 0.2) is 40.3 Å². The minimum Gasteiger partial charge on any atom is -0.335 e. The summed E-state index contributed by atoms with van der Waals surface area (Å²) in [4.78, 5) is 5.12. The molecule has 1 aromatic carbocycles. The number of thioether (sulfide) groups is 1. The maximum absolute atomic E-state index is 6.02. The summed E-state index contributed by atoms with van der Waals surface area (Å²) in [6.07, 6.45) is 1.52. The van der Waals surface area contributed by atoms with E-state index in [9.17, 15) is 0 Å². The van der Waals surface area contributed by atoms with E-state index in [0.29, 0.717) is 17.5 Å². The summed E-state index contributed by atoms with van der Waals surface area (Å²) in [5.74, 6) is 1.70. The van der Waals surface area contributed by atoms with Crippen molar-refractivity contribution in [1.82, 2.24) is 10.1 Å². The molecular formula is C11H9ClN2OS. The van der Waals surface area contributed by atoms with Gasteiger partial charge in [0.05, 0.1) is 10.8 Å². The lowest BCUT2D eigenvalue weighted by Crippen LogP contribution is -1.84. The smallest absolute Gasteiger partial charge is 0.250 e. The largest absolute Gasteiger partial charge is 0.335 e. The van der Waals surface area contributed by atoms with Crippen LogP contribution in [0.25, 0.3) is 6.08 Å². The third-order valence-electron chi connectivity index (χ3n) is 1.85. The molecule has 0 aliphatic rings. The highest BCUT2D eigenvalue weighted by Crippen LogP contribution is 2.28. The second-order valence-electron chi connectivity index (χ2n) is 2.97. The SMILES string of the molecule is C=Cc1nc(CSc2ccccc2Cl)no1. The average molecular weight is 253 g/mol. The van der Waals surface area contributed by atoms with Gasteiger partial charge in [0.15, 0.2) is 5.82 Å². The Morgan fingerprint density at radius 3 is 2.94 bits per heavy atom. The first-order valence-electron chi connectivity index (χ1n) is 4.62. The normalized spacial score (nSPS) is 10.3. The van der Waals surface area contributed by atoms with E-state index >= 15 is 0 Å². The lowest BCUT2D eigenvalue weighted by molar-refractivity contribution is 0.405. The molecule has 0 radical (unpaired) electrons. The van der Waals surface area contributed by atoms with E-state index in [1.807, 2.05) is 24.3 Å². The van der Waals surface area contributed by atoms with Crippen molar-refractivity contribution in [3.8, 4) is 0 Å². The van der Waals surface area contributed by atoms with Gasteiger partial charge in [0.25, 0.3) is 0 Å². The van der Waals surface area contributed by atoms with Crippen molar-refractivity contribution >= 4 is 29.4 Å². The molecule has 0 aliphatic heterocycles. The van der Waals surface area contributed by atoms with Gasteiger partial charge in [-0.3, -0.25) is 0 Å². The summed E-state index contributed by atoms with van der Waals surface area (Å²) in [5, 5.41) is 4.55. The average Bonchev–Trinajstić information content (AvgIpc) is 2.76. The van der Waals surface area contributed by atoms with Crippen molar-refractivity contribution < 1.29 is 4.52 Å². The zero-order chi connectivity index (χ0) is 11.4. The van der Waals surface area contributed by atoms with Crippen LogP contribution < -0.4 is 0 Å². The Kier molecular flexibility index (Phi) is 3.64. The Morgan fingerprint density at radius 1 is 1.44 bits per heavy atom. The standard InChI is InChI=1S/C11H9ClN2OS/c1-2-11-13-10(14-15-11)7-16-9-6-4-3-5-8(9)12/h2-6H,1,7H2. The number of benzene rings is 1. The van der Waals surface area contributed by atoms with E-state index in [-0.39, 0.29) is 0 Å². The van der Waals surface area contributed by atoms with Gasteiger partial charge in [-0.1, -0.05) is 35.5 Å². The Balaban J connectivity index is 2.02. The van der Waals surface area contributed by atoms with Crippen molar-refractivity contribution in [3.05, 3.63) is 47.6 Å². The number of nitrogens with zero attached hydrogens (tertiary/aromatic N) is 2. The van der Waals surface area contributed by atoms with Crippen molar-refractivity contribution in [3.63, 3.8) is 0 Å². The molecule has 0 saturated heterocycles.